The van der Waals surface area contributed by atoms with Gasteiger partial charge in [-0.15, -0.1) is 0 Å². The molecule has 5 nitrogen and oxygen atoms in total. The van der Waals surface area contributed by atoms with Crippen molar-refractivity contribution >= 4 is 16.7 Å². The van der Waals surface area contributed by atoms with Gasteiger partial charge in [-0.3, -0.25) is 14.7 Å². The standard InChI is InChI=1S/C30H35N3O2/c1-30(28-12-6-7-15-31-28)13-16-32(17-14-30)19-21-18-24-25(23-9-3-2-8-22(21)23)20-33(29(24)35)26-10-4-5-11-27(26)34/h2-3,6-9,12,15,18,26-27,34H,4-5,10-11,13-14,16-17,19-20H2,1H3/t26-,27-/m0/s1. The molecule has 1 saturated heterocycles. The van der Waals surface area contributed by atoms with Gasteiger partial charge in [0.2, 0.25) is 0 Å². The number of pyridine rings is 1. The molecule has 2 fully saturated rings. The van der Waals surface area contributed by atoms with Crippen LogP contribution in [-0.2, 0) is 18.5 Å². The van der Waals surface area contributed by atoms with E-state index in [0.29, 0.717) is 6.54 Å². The van der Waals surface area contributed by atoms with Crippen LogP contribution in [0.4, 0.5) is 0 Å². The molecule has 0 spiro atoms. The first-order valence-electron chi connectivity index (χ1n) is 13.2. The van der Waals surface area contributed by atoms with E-state index in [1.807, 2.05) is 17.2 Å². The summed E-state index contributed by atoms with van der Waals surface area (Å²) in [6.45, 7) is 5.85. The van der Waals surface area contributed by atoms with E-state index in [0.717, 1.165) is 69.3 Å². The lowest BCUT2D eigenvalue weighted by molar-refractivity contribution is 0.0192. The molecule has 5 heteroatoms. The zero-order valence-electron chi connectivity index (χ0n) is 20.6. The third kappa shape index (κ3) is 4.05. The summed E-state index contributed by atoms with van der Waals surface area (Å²) in [4.78, 5) is 22.7. The third-order valence-electron chi connectivity index (χ3n) is 8.79. The number of benzene rings is 2. The highest BCUT2D eigenvalue weighted by Gasteiger charge is 2.39. The minimum absolute atomic E-state index is 0.0581. The van der Waals surface area contributed by atoms with Crippen molar-refractivity contribution < 1.29 is 9.90 Å². The van der Waals surface area contributed by atoms with Crippen LogP contribution >= 0.6 is 0 Å². The number of aliphatic hydroxyl groups is 1. The Hall–Kier alpha value is -2.76. The highest BCUT2D eigenvalue weighted by Crippen LogP contribution is 2.38. The second-order valence-corrected chi connectivity index (χ2v) is 11.0. The van der Waals surface area contributed by atoms with E-state index < -0.39 is 6.10 Å². The van der Waals surface area contributed by atoms with Crippen LogP contribution in [0.15, 0.2) is 54.7 Å². The monoisotopic (exact) mass is 469 g/mol. The van der Waals surface area contributed by atoms with Gasteiger partial charge in [0.25, 0.3) is 5.91 Å². The molecule has 3 aromatic rings. The fourth-order valence-electron chi connectivity index (χ4n) is 6.54. The summed E-state index contributed by atoms with van der Waals surface area (Å²) in [6, 6.07) is 16.9. The Bertz CT molecular complexity index is 1230. The molecule has 0 radical (unpaired) electrons. The number of amides is 1. The summed E-state index contributed by atoms with van der Waals surface area (Å²) in [7, 11) is 0. The summed E-state index contributed by atoms with van der Waals surface area (Å²) in [5.41, 5.74) is 4.52. The Morgan fingerprint density at radius 1 is 1.03 bits per heavy atom. The molecule has 2 atom stereocenters. The first-order chi connectivity index (χ1) is 17.0. The maximum atomic E-state index is 13.6. The van der Waals surface area contributed by atoms with Crippen molar-refractivity contribution in [2.24, 2.45) is 0 Å². The number of carbonyl (C=O) groups is 1. The Labute approximate surface area is 207 Å². The minimum atomic E-state index is -0.408. The number of hydrogen-bond acceptors (Lipinski definition) is 4. The van der Waals surface area contributed by atoms with Crippen molar-refractivity contribution in [3.8, 4) is 0 Å². The number of carbonyl (C=O) groups excluding carboxylic acids is 1. The van der Waals surface area contributed by atoms with Crippen LogP contribution in [0.25, 0.3) is 10.8 Å². The minimum Gasteiger partial charge on any atom is -0.391 e. The molecular formula is C30H35N3O2. The van der Waals surface area contributed by atoms with Crippen molar-refractivity contribution in [2.75, 3.05) is 13.1 Å². The Kier molecular flexibility index (Phi) is 5.85. The SMILES string of the molecule is CC1(c2ccccn2)CCN(Cc2cc3c(c4ccccc24)CN([C@H]2CCCC[C@@H]2O)C3=O)CC1. The maximum absolute atomic E-state index is 13.6. The van der Waals surface area contributed by atoms with Crippen LogP contribution in [0.5, 0.6) is 0 Å². The van der Waals surface area contributed by atoms with E-state index in [1.165, 1.54) is 22.0 Å². The molecule has 3 heterocycles. The summed E-state index contributed by atoms with van der Waals surface area (Å²) in [6.07, 6.45) is 7.48. The lowest BCUT2D eigenvalue weighted by Crippen LogP contribution is -2.45. The number of aliphatic hydroxyl groups excluding tert-OH is 1. The zero-order chi connectivity index (χ0) is 24.0. The zero-order valence-corrected chi connectivity index (χ0v) is 20.6. The molecule has 0 unspecified atom stereocenters. The van der Waals surface area contributed by atoms with E-state index in [9.17, 15) is 9.90 Å². The molecular weight excluding hydrogens is 434 g/mol. The van der Waals surface area contributed by atoms with Gasteiger partial charge in [0.15, 0.2) is 0 Å². The predicted molar refractivity (Wildman–Crippen MR) is 138 cm³/mol. The lowest BCUT2D eigenvalue weighted by atomic mass is 9.77. The summed E-state index contributed by atoms with van der Waals surface area (Å²) >= 11 is 0. The number of likely N-dealkylation sites (tertiary alicyclic amines) is 1. The van der Waals surface area contributed by atoms with Crippen molar-refractivity contribution in [3.63, 3.8) is 0 Å². The van der Waals surface area contributed by atoms with E-state index in [1.54, 1.807) is 0 Å². The molecule has 35 heavy (non-hydrogen) atoms. The first-order valence-corrected chi connectivity index (χ1v) is 13.2. The molecule has 1 aromatic heterocycles. The van der Waals surface area contributed by atoms with Crippen LogP contribution in [0.2, 0.25) is 0 Å². The highest BCUT2D eigenvalue weighted by atomic mass is 16.3. The van der Waals surface area contributed by atoms with Crippen molar-refractivity contribution in [2.45, 2.75) is 76.1 Å². The van der Waals surface area contributed by atoms with Crippen molar-refractivity contribution in [3.05, 3.63) is 77.1 Å². The molecule has 0 bridgehead atoms. The van der Waals surface area contributed by atoms with Gasteiger partial charge in [-0.1, -0.05) is 50.1 Å². The average molecular weight is 470 g/mol. The van der Waals surface area contributed by atoms with Crippen LogP contribution < -0.4 is 0 Å². The molecule has 3 aliphatic rings. The number of aromatic nitrogens is 1. The Morgan fingerprint density at radius 2 is 1.77 bits per heavy atom. The van der Waals surface area contributed by atoms with Crippen LogP contribution in [0.1, 0.15) is 72.6 Å². The van der Waals surface area contributed by atoms with Gasteiger partial charge >= 0.3 is 0 Å². The number of fused-ring (bicyclic) bond motifs is 3. The summed E-state index contributed by atoms with van der Waals surface area (Å²) < 4.78 is 0. The normalized spacial score (nSPS) is 24.6. The summed E-state index contributed by atoms with van der Waals surface area (Å²) in [5, 5.41) is 13.1. The lowest BCUT2D eigenvalue weighted by Gasteiger charge is -2.39. The predicted octanol–water partition coefficient (Wildman–Crippen LogP) is 5.05. The molecule has 182 valence electrons. The molecule has 1 saturated carbocycles. The van der Waals surface area contributed by atoms with E-state index in [2.05, 4.69) is 59.3 Å². The Balaban J connectivity index is 1.26. The van der Waals surface area contributed by atoms with Gasteiger partial charge in [-0.2, -0.15) is 0 Å². The number of piperidine rings is 1. The van der Waals surface area contributed by atoms with Gasteiger partial charge in [0, 0.05) is 36.0 Å². The first kappa shape index (κ1) is 22.7. The quantitative estimate of drug-likeness (QED) is 0.581. The Morgan fingerprint density at radius 3 is 2.51 bits per heavy atom. The second-order valence-electron chi connectivity index (χ2n) is 11.0. The van der Waals surface area contributed by atoms with Crippen LogP contribution in [-0.4, -0.2) is 51.0 Å². The molecule has 1 N–H and O–H groups in total. The van der Waals surface area contributed by atoms with Crippen molar-refractivity contribution in [1.29, 1.82) is 0 Å². The fraction of sp³-hybridized carbons (Fsp3) is 0.467. The van der Waals surface area contributed by atoms with Crippen molar-refractivity contribution in [1.82, 2.24) is 14.8 Å². The average Bonchev–Trinajstić information content (AvgIpc) is 3.22. The second kappa shape index (κ2) is 9.03. The van der Waals surface area contributed by atoms with Gasteiger partial charge in [0.05, 0.1) is 12.1 Å². The largest absolute Gasteiger partial charge is 0.391 e. The number of nitrogens with zero attached hydrogens (tertiary/aromatic N) is 3. The molecule has 1 amide bonds. The molecule has 2 aliphatic heterocycles. The number of hydrogen-bond donors (Lipinski definition) is 1. The van der Waals surface area contributed by atoms with E-state index >= 15 is 0 Å². The number of rotatable bonds is 4. The molecule has 1 aliphatic carbocycles. The van der Waals surface area contributed by atoms with Gasteiger partial charge < -0.3 is 10.0 Å². The van der Waals surface area contributed by atoms with E-state index in [4.69, 9.17) is 0 Å². The van der Waals surface area contributed by atoms with Crippen LogP contribution in [0.3, 0.4) is 0 Å². The molecule has 6 rings (SSSR count). The van der Waals surface area contributed by atoms with Crippen LogP contribution in [0, 0.1) is 0 Å². The summed E-state index contributed by atoms with van der Waals surface area (Å²) in [5.74, 6) is 0.0966. The van der Waals surface area contributed by atoms with Gasteiger partial charge in [-0.25, -0.2) is 0 Å². The maximum Gasteiger partial charge on any atom is 0.254 e. The highest BCUT2D eigenvalue weighted by molar-refractivity contribution is 6.05. The van der Waals surface area contributed by atoms with Gasteiger partial charge in [0.1, 0.15) is 0 Å². The third-order valence-corrected chi connectivity index (χ3v) is 8.79. The topological polar surface area (TPSA) is 56.7 Å². The fourth-order valence-corrected chi connectivity index (χ4v) is 6.54. The van der Waals surface area contributed by atoms with Gasteiger partial charge in [-0.05, 0) is 78.9 Å². The van der Waals surface area contributed by atoms with E-state index in [-0.39, 0.29) is 17.4 Å². The molecule has 2 aromatic carbocycles. The smallest absolute Gasteiger partial charge is 0.254 e.